The maximum Gasteiger partial charge on any atom is 0.262 e. The van der Waals surface area contributed by atoms with Gasteiger partial charge in [-0.05, 0) is 54.6 Å². The molecule has 14 heteroatoms. The molecule has 0 aromatic heterocycles. The van der Waals surface area contributed by atoms with Gasteiger partial charge in [0.1, 0.15) is 11.5 Å². The molecule has 0 aliphatic carbocycles. The van der Waals surface area contributed by atoms with Crippen LogP contribution in [-0.2, 0) is 24.8 Å². The highest BCUT2D eigenvalue weighted by Crippen LogP contribution is 2.31. The number of carbonyl (C=O) groups is 1. The maximum absolute atomic E-state index is 13.0. The minimum atomic E-state index is -3.99. The third-order valence-corrected chi connectivity index (χ3v) is 9.47. The minimum absolute atomic E-state index is 0.0454. The summed E-state index contributed by atoms with van der Waals surface area (Å²) in [5.41, 5.74) is 0.451. The van der Waals surface area contributed by atoms with Crippen molar-refractivity contribution in [1.29, 1.82) is 0 Å². The Morgan fingerprint density at radius 2 is 1.56 bits per heavy atom. The zero-order valence-electron chi connectivity index (χ0n) is 21.0. The predicted octanol–water partition coefficient (Wildman–Crippen LogP) is 3.43. The molecule has 1 fully saturated rings. The SMILES string of the molecule is COc1ccc(NS(=O)(=O)c2ccc(NC(=O)c3cc(S(=O)(=O)N4CCOCC4)ccc3Cl)cc2)c(OC)c1. The van der Waals surface area contributed by atoms with Crippen LogP contribution in [0.4, 0.5) is 11.4 Å². The number of carbonyl (C=O) groups excluding carboxylic acids is 1. The van der Waals surface area contributed by atoms with E-state index in [2.05, 4.69) is 10.0 Å². The van der Waals surface area contributed by atoms with Crippen LogP contribution in [0.15, 0.2) is 70.5 Å². The molecule has 0 unspecified atom stereocenters. The molecule has 0 saturated carbocycles. The largest absolute Gasteiger partial charge is 0.497 e. The highest BCUT2D eigenvalue weighted by atomic mass is 35.5. The zero-order valence-corrected chi connectivity index (χ0v) is 23.4. The van der Waals surface area contributed by atoms with Crippen LogP contribution in [0, 0.1) is 0 Å². The first kappa shape index (κ1) is 28.6. The van der Waals surface area contributed by atoms with Crippen LogP contribution >= 0.6 is 11.6 Å². The Kier molecular flexibility index (Phi) is 8.67. The Hall–Kier alpha value is -3.36. The second-order valence-electron chi connectivity index (χ2n) is 8.31. The summed E-state index contributed by atoms with van der Waals surface area (Å²) in [7, 11) is -4.94. The van der Waals surface area contributed by atoms with Crippen LogP contribution in [0.2, 0.25) is 5.02 Å². The highest BCUT2D eigenvalue weighted by Gasteiger charge is 2.28. The maximum atomic E-state index is 13.0. The number of halogens is 1. The Bertz CT molecular complexity index is 1570. The molecule has 1 amide bonds. The van der Waals surface area contributed by atoms with Gasteiger partial charge in [-0.1, -0.05) is 11.6 Å². The van der Waals surface area contributed by atoms with Crippen molar-refractivity contribution >= 4 is 48.9 Å². The van der Waals surface area contributed by atoms with E-state index in [-0.39, 0.29) is 63.8 Å². The fraction of sp³-hybridized carbons (Fsp3) is 0.240. The van der Waals surface area contributed by atoms with Gasteiger partial charge in [-0.2, -0.15) is 4.31 Å². The lowest BCUT2D eigenvalue weighted by Crippen LogP contribution is -2.40. The van der Waals surface area contributed by atoms with Crippen LogP contribution < -0.4 is 19.5 Å². The smallest absolute Gasteiger partial charge is 0.262 e. The van der Waals surface area contributed by atoms with E-state index in [1.807, 2.05) is 0 Å². The molecule has 1 aliphatic heterocycles. The standard InChI is InChI=1S/C25H26ClN3O8S2/c1-35-18-5-10-23(24(15-18)36-2)28-38(31,32)19-6-3-17(4-7-19)27-25(30)21-16-20(8-9-22(21)26)39(33,34)29-11-13-37-14-12-29/h3-10,15-16,28H,11-14H2,1-2H3,(H,27,30). The first-order valence-electron chi connectivity index (χ1n) is 11.6. The van der Waals surface area contributed by atoms with Crippen molar-refractivity contribution in [3.63, 3.8) is 0 Å². The van der Waals surface area contributed by atoms with Crippen LogP contribution in [0.25, 0.3) is 0 Å². The number of ether oxygens (including phenoxy) is 3. The van der Waals surface area contributed by atoms with Crippen LogP contribution in [0.3, 0.4) is 0 Å². The molecule has 1 saturated heterocycles. The van der Waals surface area contributed by atoms with E-state index >= 15 is 0 Å². The minimum Gasteiger partial charge on any atom is -0.497 e. The molecule has 0 radical (unpaired) electrons. The molecule has 11 nitrogen and oxygen atoms in total. The lowest BCUT2D eigenvalue weighted by molar-refractivity contribution is 0.0730. The summed E-state index contributed by atoms with van der Waals surface area (Å²) in [5, 5.41) is 2.68. The van der Waals surface area contributed by atoms with Crippen molar-refractivity contribution in [2.75, 3.05) is 50.6 Å². The fourth-order valence-corrected chi connectivity index (χ4v) is 6.49. The Morgan fingerprint density at radius 3 is 2.21 bits per heavy atom. The zero-order chi connectivity index (χ0) is 28.2. The monoisotopic (exact) mass is 595 g/mol. The molecule has 39 heavy (non-hydrogen) atoms. The van der Waals surface area contributed by atoms with E-state index in [0.29, 0.717) is 5.75 Å². The number of rotatable bonds is 9. The van der Waals surface area contributed by atoms with Gasteiger partial charge in [-0.25, -0.2) is 16.8 Å². The Morgan fingerprint density at radius 1 is 0.897 bits per heavy atom. The first-order valence-corrected chi connectivity index (χ1v) is 14.9. The van der Waals surface area contributed by atoms with Gasteiger partial charge in [0, 0.05) is 24.8 Å². The number of hydrogen-bond donors (Lipinski definition) is 2. The average Bonchev–Trinajstić information content (AvgIpc) is 2.94. The summed E-state index contributed by atoms with van der Waals surface area (Å²) in [4.78, 5) is 12.8. The third kappa shape index (κ3) is 6.45. The highest BCUT2D eigenvalue weighted by molar-refractivity contribution is 7.92. The lowest BCUT2D eigenvalue weighted by Gasteiger charge is -2.26. The van der Waals surface area contributed by atoms with E-state index < -0.39 is 26.0 Å². The molecule has 1 aliphatic rings. The Balaban J connectivity index is 1.50. The predicted molar refractivity (Wildman–Crippen MR) is 146 cm³/mol. The van der Waals surface area contributed by atoms with Crippen molar-refractivity contribution in [2.45, 2.75) is 9.79 Å². The topological polar surface area (TPSA) is 140 Å². The summed E-state index contributed by atoms with van der Waals surface area (Å²) in [6, 6.07) is 14.0. The van der Waals surface area contributed by atoms with Gasteiger partial charge in [-0.3, -0.25) is 9.52 Å². The van der Waals surface area contributed by atoms with Crippen molar-refractivity contribution in [1.82, 2.24) is 4.31 Å². The average molecular weight is 596 g/mol. The molecule has 3 aromatic rings. The molecule has 0 bridgehead atoms. The normalized spacial score (nSPS) is 14.4. The quantitative estimate of drug-likeness (QED) is 0.383. The van der Waals surface area contributed by atoms with E-state index in [9.17, 15) is 21.6 Å². The van der Waals surface area contributed by atoms with Gasteiger partial charge in [0.15, 0.2) is 0 Å². The van der Waals surface area contributed by atoms with Gasteiger partial charge in [0.05, 0.1) is 53.5 Å². The van der Waals surface area contributed by atoms with Crippen LogP contribution in [-0.4, -0.2) is 67.6 Å². The number of anilines is 2. The Labute approximate surface area is 231 Å². The second kappa shape index (κ2) is 11.8. The van der Waals surface area contributed by atoms with Gasteiger partial charge in [-0.15, -0.1) is 0 Å². The van der Waals surface area contributed by atoms with E-state index in [1.54, 1.807) is 12.1 Å². The van der Waals surface area contributed by atoms with Crippen LogP contribution in [0.1, 0.15) is 10.4 Å². The molecular weight excluding hydrogens is 570 g/mol. The summed E-state index contributed by atoms with van der Waals surface area (Å²) in [6.07, 6.45) is 0. The number of benzene rings is 3. The van der Waals surface area contributed by atoms with Gasteiger partial charge in [0.25, 0.3) is 15.9 Å². The third-order valence-electron chi connectivity index (χ3n) is 5.87. The molecule has 0 spiro atoms. The fourth-order valence-electron chi connectivity index (χ4n) is 3.78. The molecule has 4 rings (SSSR count). The summed E-state index contributed by atoms with van der Waals surface area (Å²) in [5.74, 6) is 0.117. The summed E-state index contributed by atoms with van der Waals surface area (Å²) in [6.45, 7) is 0.994. The number of hydrogen-bond acceptors (Lipinski definition) is 8. The molecular formula is C25H26ClN3O8S2. The molecule has 1 heterocycles. The second-order valence-corrected chi connectivity index (χ2v) is 12.3. The van der Waals surface area contributed by atoms with E-state index in [1.165, 1.54) is 67.1 Å². The van der Waals surface area contributed by atoms with Crippen molar-refractivity contribution in [3.05, 3.63) is 71.2 Å². The van der Waals surface area contributed by atoms with Crippen molar-refractivity contribution in [3.8, 4) is 11.5 Å². The molecule has 0 atom stereocenters. The number of nitrogens with one attached hydrogen (secondary N) is 2. The van der Waals surface area contributed by atoms with Gasteiger partial charge in [0.2, 0.25) is 10.0 Å². The number of methoxy groups -OCH3 is 2. The van der Waals surface area contributed by atoms with Crippen LogP contribution in [0.5, 0.6) is 11.5 Å². The summed E-state index contributed by atoms with van der Waals surface area (Å²) < 4.78 is 71.1. The lowest BCUT2D eigenvalue weighted by atomic mass is 10.2. The van der Waals surface area contributed by atoms with E-state index in [4.69, 9.17) is 25.8 Å². The summed E-state index contributed by atoms with van der Waals surface area (Å²) >= 11 is 6.20. The first-order chi connectivity index (χ1) is 18.5. The van der Waals surface area contributed by atoms with E-state index in [0.717, 1.165) is 0 Å². The van der Waals surface area contributed by atoms with Gasteiger partial charge >= 0.3 is 0 Å². The van der Waals surface area contributed by atoms with Crippen molar-refractivity contribution < 1.29 is 35.8 Å². The molecule has 208 valence electrons. The number of sulfonamides is 2. The molecule has 2 N–H and O–H groups in total. The van der Waals surface area contributed by atoms with Crippen molar-refractivity contribution in [2.24, 2.45) is 0 Å². The number of morpholine rings is 1. The molecule has 3 aromatic carbocycles. The van der Waals surface area contributed by atoms with Gasteiger partial charge < -0.3 is 19.5 Å². The number of amides is 1. The number of nitrogens with zero attached hydrogens (tertiary/aromatic N) is 1.